The molecule has 0 fully saturated rings. The minimum Gasteiger partial charge on any atom is -0.376 e. The number of thioether (sulfide) groups is 1. The first-order chi connectivity index (χ1) is 36.6. The lowest BCUT2D eigenvalue weighted by atomic mass is 9.43. The first-order valence-corrected chi connectivity index (χ1v) is 28.9. The van der Waals surface area contributed by atoms with E-state index in [2.05, 4.69) is 253 Å². The summed E-state index contributed by atoms with van der Waals surface area (Å²) in [5.74, 6) is 0.181. The predicted molar refractivity (Wildman–Crippen MR) is 323 cm³/mol. The zero-order chi connectivity index (χ0) is 51.5. The number of aromatic nitrogens is 1. The fraction of sp³-hybridized carbons (Fsp3) is 0.250. The Bertz CT molecular complexity index is 4190. The molecule has 10 aromatic rings. The van der Waals surface area contributed by atoms with Crippen LogP contribution in [0, 0.1) is 0 Å². The van der Waals surface area contributed by atoms with E-state index >= 15 is 0 Å². The Balaban J connectivity index is 1.11. The minimum atomic E-state index is -0.273. The fourth-order valence-electron chi connectivity index (χ4n) is 15.6. The van der Waals surface area contributed by atoms with Gasteiger partial charge in [-0.15, -0.1) is 11.8 Å². The van der Waals surface area contributed by atoms with Crippen molar-refractivity contribution >= 4 is 62.7 Å². The van der Waals surface area contributed by atoms with Gasteiger partial charge in [0.25, 0.3) is 0 Å². The summed E-state index contributed by atoms with van der Waals surface area (Å²) in [6.45, 7) is 22.0. The molecule has 0 saturated heterocycles. The number of benzene rings is 9. The van der Waals surface area contributed by atoms with Crippen LogP contribution in [-0.4, -0.2) is 11.4 Å². The summed E-state index contributed by atoms with van der Waals surface area (Å²) in [6, 6.07) is 67.1. The van der Waals surface area contributed by atoms with Gasteiger partial charge in [-0.2, -0.15) is 0 Å². The van der Waals surface area contributed by atoms with E-state index in [1.54, 1.807) is 0 Å². The lowest BCUT2D eigenvalue weighted by Crippen LogP contribution is -2.61. The quantitative estimate of drug-likeness (QED) is 0.163. The van der Waals surface area contributed by atoms with Gasteiger partial charge in [-0.3, -0.25) is 0 Å². The van der Waals surface area contributed by atoms with Crippen molar-refractivity contribution in [3.8, 4) is 39.1 Å². The Morgan fingerprint density at radius 3 is 1.95 bits per heavy atom. The van der Waals surface area contributed by atoms with Gasteiger partial charge in [0.15, 0.2) is 0 Å². The van der Waals surface area contributed by atoms with Crippen molar-refractivity contribution in [1.82, 2.24) is 4.57 Å². The largest absolute Gasteiger partial charge is 0.376 e. The molecule has 2 atom stereocenters. The molecule has 2 nitrogen and oxygen atoms in total. The van der Waals surface area contributed by atoms with E-state index in [1.807, 2.05) is 0 Å². The van der Waals surface area contributed by atoms with Crippen LogP contribution in [-0.2, 0) is 28.1 Å². The summed E-state index contributed by atoms with van der Waals surface area (Å²) in [7, 11) is 0. The van der Waals surface area contributed by atoms with Crippen LogP contribution in [0.1, 0.15) is 142 Å². The summed E-state index contributed by atoms with van der Waals surface area (Å²) >= 11 is 2.08. The minimum absolute atomic E-state index is 0.0217. The van der Waals surface area contributed by atoms with Crippen LogP contribution in [0.5, 0.6) is 0 Å². The number of hydrogen-bond acceptors (Lipinski definition) is 2. The van der Waals surface area contributed by atoms with Crippen LogP contribution in [0.15, 0.2) is 175 Å². The van der Waals surface area contributed by atoms with E-state index < -0.39 is 0 Å². The monoisotopic (exact) mass is 998 g/mol. The Morgan fingerprint density at radius 1 is 0.566 bits per heavy atom. The van der Waals surface area contributed by atoms with Crippen LogP contribution in [0.3, 0.4) is 0 Å². The summed E-state index contributed by atoms with van der Waals surface area (Å²) in [5, 5.41) is 3.05. The maximum atomic E-state index is 2.82. The number of fused-ring (bicyclic) bond motifs is 18. The average molecular weight is 999 g/mol. The third-order valence-electron chi connectivity index (χ3n) is 19.6. The van der Waals surface area contributed by atoms with Gasteiger partial charge in [0.2, 0.25) is 0 Å². The lowest BCUT2D eigenvalue weighted by molar-refractivity contribution is 0.332. The summed E-state index contributed by atoms with van der Waals surface area (Å²) in [4.78, 5) is 4.20. The summed E-state index contributed by atoms with van der Waals surface area (Å²) < 4.78 is 2.82. The molecule has 9 aromatic carbocycles. The maximum absolute atomic E-state index is 2.82. The molecule has 3 aliphatic carbocycles. The summed E-state index contributed by atoms with van der Waals surface area (Å²) in [6.07, 6.45) is 3.28. The van der Waals surface area contributed by atoms with Gasteiger partial charge in [-0.1, -0.05) is 184 Å². The Kier molecular flexibility index (Phi) is 9.00. The fourth-order valence-corrected chi connectivity index (χ4v) is 17.1. The van der Waals surface area contributed by atoms with E-state index in [4.69, 9.17) is 0 Å². The second-order valence-corrected chi connectivity index (χ2v) is 27.4. The van der Waals surface area contributed by atoms with Crippen molar-refractivity contribution < 1.29 is 0 Å². The molecule has 76 heavy (non-hydrogen) atoms. The second-order valence-electron chi connectivity index (χ2n) is 26.2. The molecule has 0 radical (unpaired) electrons. The molecule has 3 aliphatic heterocycles. The van der Waals surface area contributed by atoms with Gasteiger partial charge in [0, 0.05) is 54.9 Å². The normalized spacial score (nSPS) is 19.2. The van der Waals surface area contributed by atoms with Crippen LogP contribution < -0.4 is 15.7 Å². The number of nitrogens with zero attached hydrogens (tertiary/aromatic N) is 2. The molecule has 0 spiro atoms. The highest BCUT2D eigenvalue weighted by Crippen LogP contribution is 2.62. The van der Waals surface area contributed by atoms with Crippen molar-refractivity contribution in [2.75, 3.05) is 4.81 Å². The van der Waals surface area contributed by atoms with E-state index in [-0.39, 0.29) is 39.7 Å². The van der Waals surface area contributed by atoms with Crippen LogP contribution in [0.4, 0.5) is 11.4 Å². The Hall–Kier alpha value is -7.01. The standard InChI is InChI=1S/C72H63BN2S/c1-69(2,3)45-28-30-46(31-29-45)75-58-35-44-34-43-24-16-17-25-47(43)49(44)36-50(58)64-65-62(48-26-18-19-27-53(48)72(65,8)9)63-51-37-54-55(71(6,7)33-32-70(54,4)5)39-57(51)74-59-38-52-60(40-56(59)73(75)66(64)67(63)74)76-68(42-22-14-11-15-23-42)61(52)41-20-12-10-13-21-41/h10-31,35-40,61,68H,32-34H2,1-9H3. The third-order valence-corrected chi connectivity index (χ3v) is 21.0. The highest BCUT2D eigenvalue weighted by Gasteiger charge is 2.52. The number of anilines is 2. The second kappa shape index (κ2) is 15.1. The SMILES string of the molecule is CC(C)(C)c1ccc(N2B3c4cc5c(cc4-n4c6cc7c(cc6c6c8c(c(c3c64)-c3cc4c(cc32)Cc2ccccc2-4)C(C)(C)c2ccccc2-8)C(C)(C)CCC7(C)C)C(c2ccccc2)C(c2ccccc2)S5)cc1. The third kappa shape index (κ3) is 5.92. The molecule has 4 heteroatoms. The zero-order valence-electron chi connectivity index (χ0n) is 45.3. The molecule has 0 bridgehead atoms. The zero-order valence-corrected chi connectivity index (χ0v) is 46.1. The van der Waals surface area contributed by atoms with Crippen LogP contribution in [0.2, 0.25) is 0 Å². The van der Waals surface area contributed by atoms with Crippen molar-refractivity contribution in [3.63, 3.8) is 0 Å². The van der Waals surface area contributed by atoms with Crippen LogP contribution >= 0.6 is 11.8 Å². The average Bonchev–Trinajstić information content (AvgIpc) is 4.32. The molecule has 0 saturated carbocycles. The topological polar surface area (TPSA) is 8.17 Å². The molecular weight excluding hydrogens is 936 g/mol. The highest BCUT2D eigenvalue weighted by molar-refractivity contribution is 8.00. The van der Waals surface area contributed by atoms with Gasteiger partial charge in [0.05, 0.1) is 11.0 Å². The van der Waals surface area contributed by atoms with E-state index in [0.717, 1.165) is 6.42 Å². The van der Waals surface area contributed by atoms with Crippen molar-refractivity contribution in [2.24, 2.45) is 0 Å². The van der Waals surface area contributed by atoms with Gasteiger partial charge in [0.1, 0.15) is 0 Å². The maximum Gasteiger partial charge on any atom is 0.333 e. The molecule has 4 heterocycles. The Labute approximate surface area is 453 Å². The molecule has 6 aliphatic rings. The number of hydrogen-bond donors (Lipinski definition) is 0. The molecule has 16 rings (SSSR count). The smallest absolute Gasteiger partial charge is 0.333 e. The molecular formula is C72H63BN2S. The van der Waals surface area contributed by atoms with Gasteiger partial charge < -0.3 is 9.38 Å². The first kappa shape index (κ1) is 45.2. The molecule has 0 amide bonds. The first-order valence-electron chi connectivity index (χ1n) is 28.0. The molecule has 0 N–H and O–H groups in total. The highest BCUT2D eigenvalue weighted by atomic mass is 32.2. The van der Waals surface area contributed by atoms with Gasteiger partial charge in [-0.25, -0.2) is 0 Å². The summed E-state index contributed by atoms with van der Waals surface area (Å²) in [5.41, 5.74) is 32.0. The van der Waals surface area contributed by atoms with Gasteiger partial charge >= 0.3 is 6.85 Å². The molecule has 1 aromatic heterocycles. The van der Waals surface area contributed by atoms with Crippen LogP contribution in [0.25, 0.3) is 60.9 Å². The van der Waals surface area contributed by atoms with Crippen molar-refractivity contribution in [1.29, 1.82) is 0 Å². The Morgan fingerprint density at radius 2 is 1.22 bits per heavy atom. The van der Waals surface area contributed by atoms with E-state index in [1.165, 1.54) is 157 Å². The van der Waals surface area contributed by atoms with Crippen molar-refractivity contribution in [3.05, 3.63) is 225 Å². The predicted octanol–water partition coefficient (Wildman–Crippen LogP) is 17.5. The van der Waals surface area contributed by atoms with E-state index in [9.17, 15) is 0 Å². The van der Waals surface area contributed by atoms with Crippen molar-refractivity contribution in [2.45, 2.75) is 119 Å². The molecule has 370 valence electrons. The van der Waals surface area contributed by atoms with Gasteiger partial charge in [-0.05, 0) is 178 Å². The molecule has 2 unspecified atom stereocenters. The number of rotatable bonds is 3. The van der Waals surface area contributed by atoms with E-state index in [0.29, 0.717) is 0 Å². The lowest BCUT2D eigenvalue weighted by Gasteiger charge is -2.44.